The SMILES string of the molecule is O=[N+]([O-])c1cc(Cl)cc(CNCC(O)c2ccsc2)c1O. The Morgan fingerprint density at radius 1 is 1.48 bits per heavy atom. The van der Waals surface area contributed by atoms with E-state index in [2.05, 4.69) is 5.32 Å². The Morgan fingerprint density at radius 3 is 2.86 bits per heavy atom. The summed E-state index contributed by atoms with van der Waals surface area (Å²) in [5, 5.41) is 37.3. The Balaban J connectivity index is 2.02. The lowest BCUT2D eigenvalue weighted by Gasteiger charge is -2.11. The van der Waals surface area contributed by atoms with Crippen LogP contribution in [0, 0.1) is 10.1 Å². The second-order valence-corrected chi connectivity index (χ2v) is 5.61. The Labute approximate surface area is 129 Å². The number of nitrogens with zero attached hydrogens (tertiary/aromatic N) is 1. The quantitative estimate of drug-likeness (QED) is 0.560. The van der Waals surface area contributed by atoms with Crippen molar-refractivity contribution in [2.75, 3.05) is 6.54 Å². The van der Waals surface area contributed by atoms with Crippen molar-refractivity contribution < 1.29 is 15.1 Å². The summed E-state index contributed by atoms with van der Waals surface area (Å²) < 4.78 is 0. The van der Waals surface area contributed by atoms with Gasteiger partial charge in [0.2, 0.25) is 0 Å². The van der Waals surface area contributed by atoms with Crippen molar-refractivity contribution in [3.8, 4) is 5.75 Å². The monoisotopic (exact) mass is 328 g/mol. The highest BCUT2D eigenvalue weighted by Crippen LogP contribution is 2.33. The molecule has 0 fully saturated rings. The first-order valence-electron chi connectivity index (χ1n) is 6.05. The number of aliphatic hydroxyl groups is 1. The van der Waals surface area contributed by atoms with E-state index in [4.69, 9.17) is 11.6 Å². The topological polar surface area (TPSA) is 95.6 Å². The highest BCUT2D eigenvalue weighted by atomic mass is 35.5. The van der Waals surface area contributed by atoms with Crippen LogP contribution >= 0.6 is 22.9 Å². The molecule has 2 rings (SSSR count). The number of benzene rings is 1. The number of phenols is 1. The Kier molecular flexibility index (Phi) is 5.13. The molecule has 0 spiro atoms. The first-order chi connectivity index (χ1) is 9.99. The van der Waals surface area contributed by atoms with Crippen LogP contribution in [0.3, 0.4) is 0 Å². The first-order valence-corrected chi connectivity index (χ1v) is 7.37. The molecule has 1 aromatic carbocycles. The molecule has 2 aromatic rings. The predicted molar refractivity (Wildman–Crippen MR) is 80.8 cm³/mol. The molecule has 1 unspecified atom stereocenters. The second-order valence-electron chi connectivity index (χ2n) is 4.39. The van der Waals surface area contributed by atoms with Gasteiger partial charge in [-0.25, -0.2) is 0 Å². The van der Waals surface area contributed by atoms with E-state index >= 15 is 0 Å². The number of halogens is 1. The minimum absolute atomic E-state index is 0.161. The fourth-order valence-corrected chi connectivity index (χ4v) is 2.78. The molecule has 0 saturated carbocycles. The zero-order valence-electron chi connectivity index (χ0n) is 10.8. The van der Waals surface area contributed by atoms with Crippen LogP contribution in [-0.4, -0.2) is 21.7 Å². The number of hydrogen-bond acceptors (Lipinski definition) is 6. The molecular weight excluding hydrogens is 316 g/mol. The number of hydrogen-bond donors (Lipinski definition) is 3. The minimum atomic E-state index is -0.690. The molecule has 6 nitrogen and oxygen atoms in total. The highest BCUT2D eigenvalue weighted by molar-refractivity contribution is 7.07. The smallest absolute Gasteiger partial charge is 0.312 e. The number of aromatic hydroxyl groups is 1. The zero-order chi connectivity index (χ0) is 15.4. The van der Waals surface area contributed by atoms with Gasteiger partial charge in [0.25, 0.3) is 0 Å². The third kappa shape index (κ3) is 3.92. The van der Waals surface area contributed by atoms with Crippen molar-refractivity contribution in [1.82, 2.24) is 5.32 Å². The summed E-state index contributed by atoms with van der Waals surface area (Å²) >= 11 is 7.28. The standard InChI is InChI=1S/C13H13ClN2O4S/c14-10-3-9(13(18)11(4-10)16(19)20)5-15-6-12(17)8-1-2-21-7-8/h1-4,7,12,15,17-18H,5-6H2. The largest absolute Gasteiger partial charge is 0.502 e. The molecule has 21 heavy (non-hydrogen) atoms. The van der Waals surface area contributed by atoms with Crippen LogP contribution in [0.15, 0.2) is 29.0 Å². The molecule has 1 heterocycles. The number of thiophene rings is 1. The highest BCUT2D eigenvalue weighted by Gasteiger charge is 2.18. The van der Waals surface area contributed by atoms with Crippen LogP contribution < -0.4 is 5.32 Å². The van der Waals surface area contributed by atoms with Crippen LogP contribution in [0.2, 0.25) is 5.02 Å². The molecule has 0 aliphatic rings. The molecular formula is C13H13ClN2O4S. The van der Waals surface area contributed by atoms with Gasteiger partial charge in [-0.15, -0.1) is 0 Å². The average molecular weight is 329 g/mol. The normalized spacial score (nSPS) is 12.3. The van der Waals surface area contributed by atoms with Crippen molar-refractivity contribution in [3.63, 3.8) is 0 Å². The molecule has 0 aliphatic carbocycles. The van der Waals surface area contributed by atoms with Gasteiger partial charge in [-0.2, -0.15) is 11.3 Å². The molecule has 0 radical (unpaired) electrons. The molecule has 0 aliphatic heterocycles. The summed E-state index contributed by atoms with van der Waals surface area (Å²) in [4.78, 5) is 10.1. The third-order valence-corrected chi connectivity index (χ3v) is 3.83. The minimum Gasteiger partial charge on any atom is -0.502 e. The third-order valence-electron chi connectivity index (χ3n) is 2.91. The predicted octanol–water partition coefficient (Wildman–Crippen LogP) is 2.84. The first kappa shape index (κ1) is 15.7. The van der Waals surface area contributed by atoms with Crippen LogP contribution in [0.25, 0.3) is 0 Å². The fraction of sp³-hybridized carbons (Fsp3) is 0.231. The molecule has 3 N–H and O–H groups in total. The number of nitro groups is 1. The van der Waals surface area contributed by atoms with E-state index in [1.165, 1.54) is 17.4 Å². The van der Waals surface area contributed by atoms with Crippen LogP contribution in [0.5, 0.6) is 5.75 Å². The fourth-order valence-electron chi connectivity index (χ4n) is 1.84. The van der Waals surface area contributed by atoms with Gasteiger partial charge in [0.15, 0.2) is 5.75 Å². The summed E-state index contributed by atoms with van der Waals surface area (Å²) in [5.74, 6) is -0.415. The number of rotatable bonds is 6. The number of nitrogens with one attached hydrogen (secondary N) is 1. The summed E-state index contributed by atoms with van der Waals surface area (Å²) in [6, 6.07) is 4.37. The van der Waals surface area contributed by atoms with E-state index in [0.29, 0.717) is 5.56 Å². The van der Waals surface area contributed by atoms with E-state index < -0.39 is 22.5 Å². The van der Waals surface area contributed by atoms with E-state index in [1.54, 1.807) is 0 Å². The summed E-state index contributed by atoms with van der Waals surface area (Å²) in [6.45, 7) is 0.422. The second kappa shape index (κ2) is 6.86. The molecule has 0 saturated heterocycles. The van der Waals surface area contributed by atoms with Gasteiger partial charge < -0.3 is 15.5 Å². The van der Waals surface area contributed by atoms with Gasteiger partial charge in [-0.1, -0.05) is 11.6 Å². The van der Waals surface area contributed by atoms with E-state index in [-0.39, 0.29) is 18.1 Å². The number of phenolic OH excluding ortho intramolecular Hbond substituents is 1. The lowest BCUT2D eigenvalue weighted by Crippen LogP contribution is -2.20. The molecule has 8 heteroatoms. The van der Waals surface area contributed by atoms with Crippen LogP contribution in [-0.2, 0) is 6.54 Å². The van der Waals surface area contributed by atoms with Crippen LogP contribution in [0.4, 0.5) is 5.69 Å². The molecule has 0 bridgehead atoms. The van der Waals surface area contributed by atoms with Gasteiger partial charge in [0.05, 0.1) is 11.0 Å². The maximum absolute atomic E-state index is 10.8. The summed E-state index contributed by atoms with van der Waals surface area (Å²) in [7, 11) is 0. The maximum Gasteiger partial charge on any atom is 0.312 e. The van der Waals surface area contributed by atoms with E-state index in [9.17, 15) is 20.3 Å². The van der Waals surface area contributed by atoms with Crippen molar-refractivity contribution in [2.45, 2.75) is 12.6 Å². The van der Waals surface area contributed by atoms with E-state index in [1.807, 2.05) is 16.8 Å². The lowest BCUT2D eigenvalue weighted by atomic mass is 10.1. The van der Waals surface area contributed by atoms with E-state index in [0.717, 1.165) is 11.6 Å². The van der Waals surface area contributed by atoms with Gasteiger partial charge in [-0.3, -0.25) is 10.1 Å². The maximum atomic E-state index is 10.8. The van der Waals surface area contributed by atoms with Crippen molar-refractivity contribution in [1.29, 1.82) is 0 Å². The van der Waals surface area contributed by atoms with Crippen molar-refractivity contribution in [2.24, 2.45) is 0 Å². The molecule has 0 amide bonds. The Bertz CT molecular complexity index is 633. The van der Waals surface area contributed by atoms with Gasteiger partial charge >= 0.3 is 5.69 Å². The lowest BCUT2D eigenvalue weighted by molar-refractivity contribution is -0.385. The van der Waals surface area contributed by atoms with Gasteiger partial charge in [0, 0.05) is 29.7 Å². The Hall–Kier alpha value is -1.67. The molecule has 1 atom stereocenters. The summed E-state index contributed by atoms with van der Waals surface area (Å²) in [5.41, 5.74) is 0.679. The Morgan fingerprint density at radius 2 is 2.24 bits per heavy atom. The number of nitro benzene ring substituents is 1. The van der Waals surface area contributed by atoms with Crippen molar-refractivity contribution >= 4 is 28.6 Å². The zero-order valence-corrected chi connectivity index (χ0v) is 12.4. The van der Waals surface area contributed by atoms with Gasteiger partial charge in [0.1, 0.15) is 0 Å². The van der Waals surface area contributed by atoms with Crippen LogP contribution in [0.1, 0.15) is 17.2 Å². The average Bonchev–Trinajstić information content (AvgIpc) is 2.95. The summed E-state index contributed by atoms with van der Waals surface area (Å²) in [6.07, 6.45) is -0.674. The van der Waals surface area contributed by atoms with Gasteiger partial charge in [-0.05, 0) is 28.5 Å². The van der Waals surface area contributed by atoms with Crippen molar-refractivity contribution in [3.05, 3.63) is 55.2 Å². The molecule has 1 aromatic heterocycles. The molecule has 112 valence electrons. The number of aliphatic hydroxyl groups excluding tert-OH is 1.